The van der Waals surface area contributed by atoms with Gasteiger partial charge in [0, 0.05) is 42.2 Å². The number of ether oxygens (including phenoxy) is 2. The molecular formula is C23H23ClN2O6. The number of amides is 2. The number of likely N-dealkylation sites (tertiary alicyclic amines) is 1. The van der Waals surface area contributed by atoms with Gasteiger partial charge in [0.05, 0.1) is 25.8 Å². The van der Waals surface area contributed by atoms with E-state index in [1.54, 1.807) is 42.5 Å². The molecule has 0 aliphatic carbocycles. The van der Waals surface area contributed by atoms with Crippen LogP contribution in [0.3, 0.4) is 0 Å². The number of methoxy groups -OCH3 is 2. The van der Waals surface area contributed by atoms with Crippen molar-refractivity contribution in [1.29, 1.82) is 0 Å². The van der Waals surface area contributed by atoms with Crippen LogP contribution in [0.5, 0.6) is 11.5 Å². The molecule has 1 aliphatic heterocycles. The zero-order chi connectivity index (χ0) is 23.4. The first-order valence-electron chi connectivity index (χ1n) is 9.79. The first kappa shape index (κ1) is 23.1. The summed E-state index contributed by atoms with van der Waals surface area (Å²) in [6, 6.07) is 10.3. The number of hydrogen-bond donors (Lipinski definition) is 2. The van der Waals surface area contributed by atoms with E-state index in [2.05, 4.69) is 5.32 Å². The molecule has 2 aromatic carbocycles. The van der Waals surface area contributed by atoms with Gasteiger partial charge in [0.15, 0.2) is 0 Å². The van der Waals surface area contributed by atoms with Crippen molar-refractivity contribution in [2.24, 2.45) is 0 Å². The lowest BCUT2D eigenvalue weighted by Gasteiger charge is -2.26. The lowest BCUT2D eigenvalue weighted by atomic mass is 9.94. The number of hydrogen-bond acceptors (Lipinski definition) is 6. The van der Waals surface area contributed by atoms with Gasteiger partial charge in [0.2, 0.25) is 5.91 Å². The number of aliphatic hydroxyl groups excluding tert-OH is 1. The molecule has 2 aromatic rings. The summed E-state index contributed by atoms with van der Waals surface area (Å²) in [5.41, 5.74) is 0.751. The molecule has 0 saturated carbocycles. The monoisotopic (exact) mass is 458 g/mol. The van der Waals surface area contributed by atoms with Crippen molar-refractivity contribution in [2.75, 3.05) is 27.3 Å². The first-order chi connectivity index (χ1) is 15.3. The molecule has 0 radical (unpaired) electrons. The Morgan fingerprint density at radius 3 is 2.41 bits per heavy atom. The fraction of sp³-hybridized carbons (Fsp3) is 0.261. The molecule has 168 valence electrons. The number of rotatable bonds is 7. The van der Waals surface area contributed by atoms with E-state index in [0.717, 1.165) is 0 Å². The normalized spacial score (nSPS) is 17.4. The number of benzene rings is 2. The van der Waals surface area contributed by atoms with Crippen LogP contribution in [0, 0.1) is 0 Å². The van der Waals surface area contributed by atoms with Gasteiger partial charge in [-0.3, -0.25) is 14.4 Å². The molecule has 2 N–H and O–H groups in total. The molecule has 0 unspecified atom stereocenters. The molecule has 0 spiro atoms. The van der Waals surface area contributed by atoms with E-state index < -0.39 is 17.7 Å². The lowest BCUT2D eigenvalue weighted by molar-refractivity contribution is -0.140. The number of nitrogens with zero attached hydrogens (tertiary/aromatic N) is 1. The van der Waals surface area contributed by atoms with E-state index in [1.807, 2.05) is 0 Å². The highest BCUT2D eigenvalue weighted by Gasteiger charge is 2.46. The molecule has 9 heteroatoms. The van der Waals surface area contributed by atoms with E-state index in [0.29, 0.717) is 27.6 Å². The van der Waals surface area contributed by atoms with Crippen LogP contribution >= 0.6 is 11.6 Å². The van der Waals surface area contributed by atoms with Gasteiger partial charge >= 0.3 is 0 Å². The maximum absolute atomic E-state index is 13.0. The Morgan fingerprint density at radius 2 is 1.81 bits per heavy atom. The Kier molecular flexibility index (Phi) is 7.05. The van der Waals surface area contributed by atoms with Gasteiger partial charge in [0.25, 0.3) is 11.7 Å². The molecule has 1 atom stereocenters. The van der Waals surface area contributed by atoms with E-state index in [9.17, 15) is 19.5 Å². The van der Waals surface area contributed by atoms with Crippen LogP contribution in [0.2, 0.25) is 5.02 Å². The van der Waals surface area contributed by atoms with Gasteiger partial charge in [-0.05, 0) is 36.4 Å². The molecule has 1 fully saturated rings. The Morgan fingerprint density at radius 1 is 1.12 bits per heavy atom. The van der Waals surface area contributed by atoms with Crippen LogP contribution < -0.4 is 14.8 Å². The van der Waals surface area contributed by atoms with Crippen molar-refractivity contribution >= 4 is 35.0 Å². The van der Waals surface area contributed by atoms with Gasteiger partial charge < -0.3 is 24.8 Å². The minimum absolute atomic E-state index is 0.0569. The lowest BCUT2D eigenvalue weighted by Crippen LogP contribution is -2.37. The van der Waals surface area contributed by atoms with Crippen molar-refractivity contribution in [1.82, 2.24) is 10.2 Å². The number of halogens is 1. The van der Waals surface area contributed by atoms with Gasteiger partial charge in [0.1, 0.15) is 17.3 Å². The highest BCUT2D eigenvalue weighted by atomic mass is 35.5. The average Bonchev–Trinajstić information content (AvgIpc) is 3.03. The first-order valence-corrected chi connectivity index (χ1v) is 10.2. The summed E-state index contributed by atoms with van der Waals surface area (Å²) in [7, 11) is 2.97. The third-order valence-electron chi connectivity index (χ3n) is 5.12. The molecular weight excluding hydrogens is 436 g/mol. The number of aliphatic hydroxyl groups is 1. The molecule has 1 saturated heterocycles. The molecule has 0 bridgehead atoms. The molecule has 3 rings (SSSR count). The quantitative estimate of drug-likeness (QED) is 0.375. The Hall–Kier alpha value is -3.52. The fourth-order valence-electron chi connectivity index (χ4n) is 3.59. The van der Waals surface area contributed by atoms with Gasteiger partial charge in [-0.1, -0.05) is 11.6 Å². The van der Waals surface area contributed by atoms with E-state index >= 15 is 0 Å². The highest BCUT2D eigenvalue weighted by molar-refractivity contribution is 6.46. The second-order valence-corrected chi connectivity index (χ2v) is 7.53. The number of ketones is 1. The summed E-state index contributed by atoms with van der Waals surface area (Å²) in [6.07, 6.45) is 0. The van der Waals surface area contributed by atoms with Gasteiger partial charge in [-0.15, -0.1) is 0 Å². The van der Waals surface area contributed by atoms with Gasteiger partial charge in [-0.2, -0.15) is 0 Å². The van der Waals surface area contributed by atoms with Crippen molar-refractivity contribution in [3.63, 3.8) is 0 Å². The summed E-state index contributed by atoms with van der Waals surface area (Å²) in [5, 5.41) is 14.1. The summed E-state index contributed by atoms with van der Waals surface area (Å²) in [6.45, 7) is 1.55. The Labute approximate surface area is 190 Å². The number of carbonyl (C=O) groups excluding carboxylic acids is 3. The summed E-state index contributed by atoms with van der Waals surface area (Å²) < 4.78 is 10.7. The van der Waals surface area contributed by atoms with Crippen molar-refractivity contribution in [3.8, 4) is 11.5 Å². The number of nitrogens with one attached hydrogen (secondary N) is 1. The maximum atomic E-state index is 13.0. The standard InChI is InChI=1S/C23H23ClN2O6/c1-13(27)25-10-11-26-20(17-9-8-16(31-2)12-18(17)32-3)19(22(29)23(26)30)21(28)14-4-6-15(24)7-5-14/h4-9,12,20,28H,10-11H2,1-3H3,(H,25,27)/t20-/m0/s1. The third kappa shape index (κ3) is 4.55. The summed E-state index contributed by atoms with van der Waals surface area (Å²) in [5.74, 6) is -1.30. The summed E-state index contributed by atoms with van der Waals surface area (Å²) in [4.78, 5) is 38.5. The Bertz CT molecular complexity index is 1080. The highest BCUT2D eigenvalue weighted by Crippen LogP contribution is 2.43. The smallest absolute Gasteiger partial charge is 0.295 e. The van der Waals surface area contributed by atoms with Crippen molar-refractivity contribution < 1.29 is 29.0 Å². The van der Waals surface area contributed by atoms with Crippen LogP contribution in [0.1, 0.15) is 24.1 Å². The topological polar surface area (TPSA) is 105 Å². The largest absolute Gasteiger partial charge is 0.507 e. The van der Waals surface area contributed by atoms with Crippen LogP contribution in [-0.4, -0.2) is 54.9 Å². The number of carbonyl (C=O) groups is 3. The second-order valence-electron chi connectivity index (χ2n) is 7.09. The Balaban J connectivity index is 2.17. The zero-order valence-electron chi connectivity index (χ0n) is 17.8. The van der Waals surface area contributed by atoms with Crippen LogP contribution in [-0.2, 0) is 14.4 Å². The summed E-state index contributed by atoms with van der Waals surface area (Å²) >= 11 is 5.94. The van der Waals surface area contributed by atoms with E-state index in [4.69, 9.17) is 21.1 Å². The van der Waals surface area contributed by atoms with Crippen LogP contribution in [0.4, 0.5) is 0 Å². The van der Waals surface area contributed by atoms with Crippen molar-refractivity contribution in [2.45, 2.75) is 13.0 Å². The van der Waals surface area contributed by atoms with Crippen LogP contribution in [0.25, 0.3) is 5.76 Å². The molecule has 0 aromatic heterocycles. The predicted molar refractivity (Wildman–Crippen MR) is 119 cm³/mol. The minimum atomic E-state index is -0.930. The predicted octanol–water partition coefficient (Wildman–Crippen LogP) is 2.92. The van der Waals surface area contributed by atoms with Crippen LogP contribution in [0.15, 0.2) is 48.0 Å². The molecule has 8 nitrogen and oxygen atoms in total. The molecule has 1 aliphatic rings. The maximum Gasteiger partial charge on any atom is 0.295 e. The van der Waals surface area contributed by atoms with Gasteiger partial charge in [-0.25, -0.2) is 0 Å². The third-order valence-corrected chi connectivity index (χ3v) is 5.37. The van der Waals surface area contributed by atoms with E-state index in [1.165, 1.54) is 26.0 Å². The van der Waals surface area contributed by atoms with Crippen molar-refractivity contribution in [3.05, 3.63) is 64.2 Å². The fourth-order valence-corrected chi connectivity index (χ4v) is 3.72. The average molecular weight is 459 g/mol. The van der Waals surface area contributed by atoms with E-state index in [-0.39, 0.29) is 30.3 Å². The second kappa shape index (κ2) is 9.74. The SMILES string of the molecule is COc1ccc([C@H]2C(=C(O)c3ccc(Cl)cc3)C(=O)C(=O)N2CCNC(C)=O)c(OC)c1. The number of Topliss-reactive ketones (excluding diaryl/α,β-unsaturated/α-hetero) is 1. The molecule has 32 heavy (non-hydrogen) atoms. The minimum Gasteiger partial charge on any atom is -0.507 e. The molecule has 2 amide bonds. The zero-order valence-corrected chi connectivity index (χ0v) is 18.6. The molecule has 1 heterocycles.